The molecule has 8 nitrogen and oxygen atoms in total. The summed E-state index contributed by atoms with van der Waals surface area (Å²) in [6.07, 6.45) is 1.57. The molecule has 0 bridgehead atoms. The third kappa shape index (κ3) is 3.02. The molecule has 138 valence electrons. The third-order valence-corrected chi connectivity index (χ3v) is 5.02. The molecule has 5 N–H and O–H groups in total. The fourth-order valence-electron chi connectivity index (χ4n) is 3.72. The first-order valence-corrected chi connectivity index (χ1v) is 8.83. The summed E-state index contributed by atoms with van der Waals surface area (Å²) < 4.78 is 5.54. The van der Waals surface area contributed by atoms with Crippen LogP contribution in [-0.2, 0) is 22.4 Å². The lowest BCUT2D eigenvalue weighted by atomic mass is 10.0. The van der Waals surface area contributed by atoms with Crippen molar-refractivity contribution in [1.29, 1.82) is 0 Å². The SMILES string of the molecule is CC(=O)NC[C@H]1CN(c2ccc3c(c2)CCCc2c(N)n[nH]c2-3)C(O)O1. The second-order valence-corrected chi connectivity index (χ2v) is 6.83. The topological polar surface area (TPSA) is 116 Å². The number of nitrogens with one attached hydrogen (secondary N) is 2. The normalized spacial score (nSPS) is 21.8. The number of H-pyrrole nitrogens is 1. The Labute approximate surface area is 151 Å². The van der Waals surface area contributed by atoms with Crippen molar-refractivity contribution < 1.29 is 14.6 Å². The minimum Gasteiger partial charge on any atom is -0.382 e. The Morgan fingerprint density at radius 3 is 3.15 bits per heavy atom. The van der Waals surface area contributed by atoms with Crippen molar-refractivity contribution in [3.05, 3.63) is 29.3 Å². The molecule has 26 heavy (non-hydrogen) atoms. The average molecular weight is 357 g/mol. The van der Waals surface area contributed by atoms with Crippen molar-refractivity contribution >= 4 is 17.4 Å². The summed E-state index contributed by atoms with van der Waals surface area (Å²) in [6, 6.07) is 6.10. The summed E-state index contributed by atoms with van der Waals surface area (Å²) in [5.74, 6) is 0.460. The first-order chi connectivity index (χ1) is 12.5. The van der Waals surface area contributed by atoms with Crippen molar-refractivity contribution in [1.82, 2.24) is 15.5 Å². The molecule has 2 heterocycles. The zero-order valence-electron chi connectivity index (χ0n) is 14.7. The molecular weight excluding hydrogens is 334 g/mol. The number of nitrogens with zero attached hydrogens (tertiary/aromatic N) is 2. The predicted octanol–water partition coefficient (Wildman–Crippen LogP) is 0.765. The number of aromatic nitrogens is 2. The molecule has 1 aromatic heterocycles. The molecule has 0 radical (unpaired) electrons. The van der Waals surface area contributed by atoms with E-state index in [1.807, 2.05) is 12.1 Å². The summed E-state index contributed by atoms with van der Waals surface area (Å²) in [5.41, 5.74) is 11.2. The minimum absolute atomic E-state index is 0.110. The predicted molar refractivity (Wildman–Crippen MR) is 97.4 cm³/mol. The maximum absolute atomic E-state index is 11.1. The van der Waals surface area contributed by atoms with E-state index < -0.39 is 6.41 Å². The number of aliphatic hydroxyl groups excluding tert-OH is 1. The smallest absolute Gasteiger partial charge is 0.238 e. The van der Waals surface area contributed by atoms with Gasteiger partial charge in [0.1, 0.15) is 5.82 Å². The minimum atomic E-state index is -1.02. The number of fused-ring (bicyclic) bond motifs is 3. The number of amides is 1. The van der Waals surface area contributed by atoms with Gasteiger partial charge in [0, 0.05) is 30.3 Å². The number of ether oxygens (including phenoxy) is 1. The number of nitrogens with two attached hydrogens (primary N) is 1. The van der Waals surface area contributed by atoms with Crippen LogP contribution >= 0.6 is 0 Å². The van der Waals surface area contributed by atoms with Crippen LogP contribution in [0.15, 0.2) is 18.2 Å². The van der Waals surface area contributed by atoms with Crippen LogP contribution in [0.4, 0.5) is 11.5 Å². The quantitative estimate of drug-likeness (QED) is 0.645. The van der Waals surface area contributed by atoms with Crippen LogP contribution in [0.2, 0.25) is 0 Å². The van der Waals surface area contributed by atoms with Gasteiger partial charge >= 0.3 is 0 Å². The highest BCUT2D eigenvalue weighted by Gasteiger charge is 2.32. The number of carbonyl (C=O) groups excluding carboxylic acids is 1. The van der Waals surface area contributed by atoms with E-state index >= 15 is 0 Å². The lowest BCUT2D eigenvalue weighted by molar-refractivity contribution is -0.121. The fraction of sp³-hybridized carbons (Fsp3) is 0.444. The van der Waals surface area contributed by atoms with E-state index in [0.29, 0.717) is 18.9 Å². The molecule has 2 aliphatic rings. The molecule has 1 aliphatic heterocycles. The van der Waals surface area contributed by atoms with Crippen molar-refractivity contribution in [3.63, 3.8) is 0 Å². The first-order valence-electron chi connectivity index (χ1n) is 8.83. The van der Waals surface area contributed by atoms with Gasteiger partial charge in [-0.2, -0.15) is 5.10 Å². The standard InChI is InChI=1S/C18H23N5O3/c1-10(24)20-8-13-9-23(18(25)26-13)12-5-6-14-11(7-12)3-2-4-15-16(14)21-22-17(15)19/h5-7,13,18,25H,2-4,8-9H2,1H3,(H,20,24)(H3,19,21,22)/t13-,18?/m0/s1. The zero-order valence-corrected chi connectivity index (χ0v) is 14.7. The number of aryl methyl sites for hydroxylation is 1. The lowest BCUT2D eigenvalue weighted by Gasteiger charge is -2.22. The van der Waals surface area contributed by atoms with E-state index in [-0.39, 0.29) is 12.0 Å². The fourth-order valence-corrected chi connectivity index (χ4v) is 3.72. The van der Waals surface area contributed by atoms with Gasteiger partial charge in [0.2, 0.25) is 12.3 Å². The van der Waals surface area contributed by atoms with Gasteiger partial charge in [-0.25, -0.2) is 0 Å². The molecule has 1 aromatic carbocycles. The van der Waals surface area contributed by atoms with Gasteiger partial charge < -0.3 is 25.8 Å². The van der Waals surface area contributed by atoms with E-state index in [9.17, 15) is 9.90 Å². The van der Waals surface area contributed by atoms with Gasteiger partial charge in [0.15, 0.2) is 0 Å². The Morgan fingerprint density at radius 2 is 2.35 bits per heavy atom. The Bertz CT molecular complexity index is 834. The molecular formula is C18H23N5O3. The number of hydrogen-bond acceptors (Lipinski definition) is 6. The van der Waals surface area contributed by atoms with E-state index in [1.54, 1.807) is 4.90 Å². The van der Waals surface area contributed by atoms with E-state index in [2.05, 4.69) is 21.6 Å². The molecule has 2 atom stereocenters. The highest BCUT2D eigenvalue weighted by Crippen LogP contribution is 2.36. The van der Waals surface area contributed by atoms with Gasteiger partial charge in [0.05, 0.1) is 18.3 Å². The summed E-state index contributed by atoms with van der Waals surface area (Å²) in [7, 11) is 0. The number of hydrogen-bond donors (Lipinski definition) is 4. The number of aliphatic hydroxyl groups is 1. The monoisotopic (exact) mass is 357 g/mol. The zero-order chi connectivity index (χ0) is 18.3. The second-order valence-electron chi connectivity index (χ2n) is 6.83. The van der Waals surface area contributed by atoms with E-state index in [1.165, 1.54) is 12.5 Å². The Kier molecular flexibility index (Phi) is 4.29. The van der Waals surface area contributed by atoms with Crippen LogP contribution < -0.4 is 16.0 Å². The third-order valence-electron chi connectivity index (χ3n) is 5.02. The molecule has 0 saturated carbocycles. The number of rotatable bonds is 3. The summed E-state index contributed by atoms with van der Waals surface area (Å²) in [4.78, 5) is 12.9. The Balaban J connectivity index is 1.58. The molecule has 1 fully saturated rings. The molecule has 1 aliphatic carbocycles. The van der Waals surface area contributed by atoms with Gasteiger partial charge in [-0.05, 0) is 37.0 Å². The summed E-state index contributed by atoms with van der Waals surface area (Å²) >= 11 is 0. The highest BCUT2D eigenvalue weighted by atomic mass is 16.6. The van der Waals surface area contributed by atoms with Gasteiger partial charge in [0.25, 0.3) is 0 Å². The number of anilines is 2. The van der Waals surface area contributed by atoms with Crippen molar-refractivity contribution in [2.45, 2.75) is 38.7 Å². The molecule has 1 amide bonds. The Hall–Kier alpha value is -2.58. The summed E-state index contributed by atoms with van der Waals surface area (Å²) in [5, 5.41) is 20.2. The van der Waals surface area contributed by atoms with Crippen LogP contribution in [0.1, 0.15) is 24.5 Å². The largest absolute Gasteiger partial charge is 0.382 e. The van der Waals surface area contributed by atoms with Gasteiger partial charge in [-0.15, -0.1) is 0 Å². The van der Waals surface area contributed by atoms with Gasteiger partial charge in [-0.1, -0.05) is 6.07 Å². The van der Waals surface area contributed by atoms with Crippen molar-refractivity contribution in [3.8, 4) is 11.3 Å². The number of benzene rings is 1. The number of nitrogen functional groups attached to an aromatic ring is 1. The van der Waals surface area contributed by atoms with E-state index in [0.717, 1.165) is 41.8 Å². The molecule has 2 aromatic rings. The molecule has 1 saturated heterocycles. The van der Waals surface area contributed by atoms with Crippen LogP contribution in [-0.4, -0.2) is 46.8 Å². The number of aromatic amines is 1. The molecule has 1 unspecified atom stereocenters. The van der Waals surface area contributed by atoms with Crippen LogP contribution in [0.25, 0.3) is 11.3 Å². The van der Waals surface area contributed by atoms with Crippen molar-refractivity contribution in [2.24, 2.45) is 0 Å². The maximum Gasteiger partial charge on any atom is 0.238 e. The molecule has 4 rings (SSSR count). The highest BCUT2D eigenvalue weighted by molar-refractivity contribution is 5.74. The summed E-state index contributed by atoms with van der Waals surface area (Å²) in [6.45, 7) is 2.36. The van der Waals surface area contributed by atoms with Gasteiger partial charge in [-0.3, -0.25) is 9.89 Å². The van der Waals surface area contributed by atoms with Crippen LogP contribution in [0.3, 0.4) is 0 Å². The molecule has 8 heteroatoms. The second kappa shape index (κ2) is 6.62. The molecule has 0 spiro atoms. The first kappa shape index (κ1) is 16.9. The van der Waals surface area contributed by atoms with E-state index in [4.69, 9.17) is 10.5 Å². The Morgan fingerprint density at radius 1 is 1.50 bits per heavy atom. The average Bonchev–Trinajstić information content (AvgIpc) is 3.10. The maximum atomic E-state index is 11.1. The van der Waals surface area contributed by atoms with Crippen LogP contribution in [0.5, 0.6) is 0 Å². The number of carbonyl (C=O) groups is 1. The lowest BCUT2D eigenvalue weighted by Crippen LogP contribution is -2.33. The van der Waals surface area contributed by atoms with Crippen molar-refractivity contribution in [2.75, 3.05) is 23.7 Å². The van der Waals surface area contributed by atoms with Crippen LogP contribution in [0, 0.1) is 0 Å².